The van der Waals surface area contributed by atoms with Gasteiger partial charge in [0.05, 0.1) is 0 Å². The number of halogens is 1. The summed E-state index contributed by atoms with van der Waals surface area (Å²) in [5, 5.41) is 0. The van der Waals surface area contributed by atoms with E-state index in [-0.39, 0.29) is 5.78 Å². The van der Waals surface area contributed by atoms with Crippen molar-refractivity contribution in [1.29, 1.82) is 0 Å². The second-order valence-electron chi connectivity index (χ2n) is 3.68. The standard InChI is InChI=1S/C13H11BrO2/c1-8-7-10(3-4-11(8)14)13-6-5-12(16-13)9(2)15/h3-7H,1-2H3. The third-order valence-electron chi connectivity index (χ3n) is 2.40. The van der Waals surface area contributed by atoms with Crippen LogP contribution in [0.2, 0.25) is 0 Å². The fourth-order valence-electron chi connectivity index (χ4n) is 1.48. The van der Waals surface area contributed by atoms with Gasteiger partial charge in [-0.1, -0.05) is 22.0 Å². The number of hydrogen-bond acceptors (Lipinski definition) is 2. The zero-order valence-electron chi connectivity index (χ0n) is 9.08. The number of rotatable bonds is 2. The smallest absolute Gasteiger partial charge is 0.194 e. The van der Waals surface area contributed by atoms with E-state index in [0.717, 1.165) is 21.4 Å². The first-order valence-electron chi connectivity index (χ1n) is 4.95. The van der Waals surface area contributed by atoms with Crippen LogP contribution in [-0.4, -0.2) is 5.78 Å². The molecule has 0 atom stereocenters. The number of Topliss-reactive ketones (excluding diaryl/α,β-unsaturated/α-hetero) is 1. The van der Waals surface area contributed by atoms with Gasteiger partial charge in [0.2, 0.25) is 0 Å². The Morgan fingerprint density at radius 2 is 2.00 bits per heavy atom. The third-order valence-corrected chi connectivity index (χ3v) is 3.29. The summed E-state index contributed by atoms with van der Waals surface area (Å²) < 4.78 is 6.53. The van der Waals surface area contributed by atoms with E-state index in [0.29, 0.717) is 5.76 Å². The first-order valence-corrected chi connectivity index (χ1v) is 5.74. The Hall–Kier alpha value is -1.35. The van der Waals surface area contributed by atoms with E-state index in [1.807, 2.05) is 31.2 Å². The molecule has 0 spiro atoms. The molecule has 0 radical (unpaired) electrons. The normalized spacial score (nSPS) is 10.4. The molecule has 0 aliphatic rings. The van der Waals surface area contributed by atoms with E-state index in [9.17, 15) is 4.79 Å². The van der Waals surface area contributed by atoms with Crippen molar-refractivity contribution in [2.75, 3.05) is 0 Å². The summed E-state index contributed by atoms with van der Waals surface area (Å²) in [6.45, 7) is 3.51. The topological polar surface area (TPSA) is 30.2 Å². The zero-order valence-corrected chi connectivity index (χ0v) is 10.7. The van der Waals surface area contributed by atoms with E-state index in [1.54, 1.807) is 6.07 Å². The SMILES string of the molecule is CC(=O)c1ccc(-c2ccc(Br)c(C)c2)o1. The van der Waals surface area contributed by atoms with Gasteiger partial charge in [-0.05, 0) is 36.8 Å². The molecule has 1 heterocycles. The highest BCUT2D eigenvalue weighted by atomic mass is 79.9. The van der Waals surface area contributed by atoms with Gasteiger partial charge >= 0.3 is 0 Å². The average Bonchev–Trinajstić information content (AvgIpc) is 2.71. The molecule has 2 nitrogen and oxygen atoms in total. The zero-order chi connectivity index (χ0) is 11.7. The maximum Gasteiger partial charge on any atom is 0.194 e. The molecule has 1 aromatic carbocycles. The molecule has 82 valence electrons. The molecule has 1 aromatic heterocycles. The Bertz CT molecular complexity index is 541. The van der Waals surface area contributed by atoms with Crippen LogP contribution in [0.1, 0.15) is 23.0 Å². The van der Waals surface area contributed by atoms with E-state index in [2.05, 4.69) is 15.9 Å². The Morgan fingerprint density at radius 1 is 1.25 bits per heavy atom. The van der Waals surface area contributed by atoms with Crippen molar-refractivity contribution in [1.82, 2.24) is 0 Å². The predicted octanol–water partition coefficient (Wildman–Crippen LogP) is 4.22. The van der Waals surface area contributed by atoms with Gasteiger partial charge in [0.15, 0.2) is 11.5 Å². The van der Waals surface area contributed by atoms with Crippen LogP contribution >= 0.6 is 15.9 Å². The van der Waals surface area contributed by atoms with E-state index < -0.39 is 0 Å². The maximum absolute atomic E-state index is 11.1. The summed E-state index contributed by atoms with van der Waals surface area (Å²) in [4.78, 5) is 11.1. The highest BCUT2D eigenvalue weighted by Gasteiger charge is 2.08. The monoisotopic (exact) mass is 278 g/mol. The quantitative estimate of drug-likeness (QED) is 0.770. The van der Waals surface area contributed by atoms with Crippen molar-refractivity contribution < 1.29 is 9.21 Å². The Kier molecular flexibility index (Phi) is 2.97. The second kappa shape index (κ2) is 4.26. The van der Waals surface area contributed by atoms with Crippen LogP contribution < -0.4 is 0 Å². The average molecular weight is 279 g/mol. The minimum absolute atomic E-state index is 0.0555. The van der Waals surface area contributed by atoms with E-state index in [4.69, 9.17) is 4.42 Å². The first-order chi connectivity index (χ1) is 7.58. The molecule has 3 heteroatoms. The molecule has 0 unspecified atom stereocenters. The summed E-state index contributed by atoms with van der Waals surface area (Å²) in [7, 11) is 0. The molecule has 0 fully saturated rings. The first kappa shape index (κ1) is 11.1. The summed E-state index contributed by atoms with van der Waals surface area (Å²) in [6, 6.07) is 9.47. The lowest BCUT2D eigenvalue weighted by Crippen LogP contribution is -1.86. The second-order valence-corrected chi connectivity index (χ2v) is 4.54. The van der Waals surface area contributed by atoms with Gasteiger partial charge in [0, 0.05) is 17.0 Å². The van der Waals surface area contributed by atoms with Crippen molar-refractivity contribution in [3.05, 3.63) is 46.1 Å². The fraction of sp³-hybridized carbons (Fsp3) is 0.154. The third kappa shape index (κ3) is 2.09. The summed E-state index contributed by atoms with van der Waals surface area (Å²) >= 11 is 3.45. The van der Waals surface area contributed by atoms with Gasteiger partial charge in [0.1, 0.15) is 5.76 Å². The van der Waals surface area contributed by atoms with Gasteiger partial charge in [0.25, 0.3) is 0 Å². The predicted molar refractivity (Wildman–Crippen MR) is 66.6 cm³/mol. The highest BCUT2D eigenvalue weighted by molar-refractivity contribution is 9.10. The van der Waals surface area contributed by atoms with Gasteiger partial charge in [-0.25, -0.2) is 0 Å². The number of benzene rings is 1. The molecule has 0 bridgehead atoms. The van der Waals surface area contributed by atoms with E-state index in [1.165, 1.54) is 6.92 Å². The largest absolute Gasteiger partial charge is 0.453 e. The summed E-state index contributed by atoms with van der Waals surface area (Å²) in [6.07, 6.45) is 0. The van der Waals surface area contributed by atoms with Crippen LogP contribution in [0.4, 0.5) is 0 Å². The summed E-state index contributed by atoms with van der Waals surface area (Å²) in [5.41, 5.74) is 2.12. The summed E-state index contributed by atoms with van der Waals surface area (Å²) in [5.74, 6) is 1.07. The molecule has 2 rings (SSSR count). The molecule has 0 aliphatic carbocycles. The van der Waals surface area contributed by atoms with Gasteiger partial charge < -0.3 is 4.42 Å². The fourth-order valence-corrected chi connectivity index (χ4v) is 1.73. The molecule has 0 amide bonds. The maximum atomic E-state index is 11.1. The van der Waals surface area contributed by atoms with Crippen LogP contribution in [0.25, 0.3) is 11.3 Å². The number of hydrogen-bond donors (Lipinski definition) is 0. The Balaban J connectivity index is 2.42. The van der Waals surface area contributed by atoms with Crippen LogP contribution in [0.15, 0.2) is 39.2 Å². The van der Waals surface area contributed by atoms with Crippen molar-refractivity contribution in [2.24, 2.45) is 0 Å². The molecule has 0 N–H and O–H groups in total. The Morgan fingerprint density at radius 3 is 2.56 bits per heavy atom. The molecule has 16 heavy (non-hydrogen) atoms. The van der Waals surface area contributed by atoms with Gasteiger partial charge in [-0.2, -0.15) is 0 Å². The number of carbonyl (C=O) groups is 1. The lowest BCUT2D eigenvalue weighted by Gasteiger charge is -2.01. The minimum Gasteiger partial charge on any atom is -0.453 e. The van der Waals surface area contributed by atoms with Gasteiger partial charge in [-0.3, -0.25) is 4.79 Å². The lowest BCUT2D eigenvalue weighted by atomic mass is 10.1. The molecular formula is C13H11BrO2. The van der Waals surface area contributed by atoms with Gasteiger partial charge in [-0.15, -0.1) is 0 Å². The van der Waals surface area contributed by atoms with Crippen molar-refractivity contribution in [2.45, 2.75) is 13.8 Å². The van der Waals surface area contributed by atoms with Crippen molar-refractivity contribution in [3.8, 4) is 11.3 Å². The molecule has 2 aromatic rings. The Labute approximate surface area is 102 Å². The number of carbonyl (C=O) groups excluding carboxylic acids is 1. The van der Waals surface area contributed by atoms with Crippen molar-refractivity contribution in [3.63, 3.8) is 0 Å². The van der Waals surface area contributed by atoms with Crippen LogP contribution in [0, 0.1) is 6.92 Å². The van der Waals surface area contributed by atoms with Crippen LogP contribution in [-0.2, 0) is 0 Å². The minimum atomic E-state index is -0.0555. The molecule has 0 saturated carbocycles. The molecule has 0 aliphatic heterocycles. The number of aryl methyl sites for hydroxylation is 1. The number of furan rings is 1. The number of ketones is 1. The molecule has 0 saturated heterocycles. The molecular weight excluding hydrogens is 268 g/mol. The highest BCUT2D eigenvalue weighted by Crippen LogP contribution is 2.26. The van der Waals surface area contributed by atoms with Crippen LogP contribution in [0.3, 0.4) is 0 Å². The van der Waals surface area contributed by atoms with Crippen molar-refractivity contribution >= 4 is 21.7 Å². The lowest BCUT2D eigenvalue weighted by molar-refractivity contribution is 0.0988. The van der Waals surface area contributed by atoms with Crippen LogP contribution in [0.5, 0.6) is 0 Å². The van der Waals surface area contributed by atoms with E-state index >= 15 is 0 Å².